The van der Waals surface area contributed by atoms with Gasteiger partial charge in [0.1, 0.15) is 0 Å². The van der Waals surface area contributed by atoms with Gasteiger partial charge in [0, 0.05) is 25.3 Å². The number of hydrogen-bond donors (Lipinski definition) is 1. The van der Waals surface area contributed by atoms with E-state index >= 15 is 0 Å². The van der Waals surface area contributed by atoms with Crippen molar-refractivity contribution in [2.24, 2.45) is 5.73 Å². The quantitative estimate of drug-likeness (QED) is 0.898. The minimum atomic E-state index is 0.666. The molecule has 2 rings (SSSR count). The highest BCUT2D eigenvalue weighted by molar-refractivity contribution is 5.55. The highest BCUT2D eigenvalue weighted by Gasteiger charge is 2.10. The molecule has 2 aromatic carbocycles. The maximum atomic E-state index is 5.80. The second-order valence-corrected chi connectivity index (χ2v) is 5.43. The van der Waals surface area contributed by atoms with E-state index < -0.39 is 0 Å². The first-order chi connectivity index (χ1) is 9.61. The topological polar surface area (TPSA) is 29.3 Å². The minimum absolute atomic E-state index is 0.666. The minimum Gasteiger partial charge on any atom is -0.366 e. The maximum absolute atomic E-state index is 5.80. The Morgan fingerprint density at radius 2 is 1.70 bits per heavy atom. The number of hydrogen-bond acceptors (Lipinski definition) is 2. The van der Waals surface area contributed by atoms with Crippen molar-refractivity contribution in [3.63, 3.8) is 0 Å². The van der Waals surface area contributed by atoms with E-state index in [9.17, 15) is 0 Å². The lowest BCUT2D eigenvalue weighted by Gasteiger charge is -2.27. The third kappa shape index (κ3) is 3.40. The zero-order chi connectivity index (χ0) is 14.5. The van der Waals surface area contributed by atoms with Crippen LogP contribution in [0.2, 0.25) is 0 Å². The van der Waals surface area contributed by atoms with E-state index in [2.05, 4.69) is 68.1 Å². The Morgan fingerprint density at radius 1 is 0.950 bits per heavy atom. The fraction of sp³-hybridized carbons (Fsp3) is 0.333. The lowest BCUT2D eigenvalue weighted by molar-refractivity contribution is 0.783. The lowest BCUT2D eigenvalue weighted by atomic mass is 10.1. The number of anilines is 1. The number of rotatable bonds is 5. The van der Waals surface area contributed by atoms with Gasteiger partial charge in [0.15, 0.2) is 0 Å². The van der Waals surface area contributed by atoms with Gasteiger partial charge in [0.05, 0.1) is 0 Å². The zero-order valence-corrected chi connectivity index (χ0v) is 12.7. The summed E-state index contributed by atoms with van der Waals surface area (Å²) < 4.78 is 0. The first kappa shape index (κ1) is 14.6. The molecule has 0 bridgehead atoms. The van der Waals surface area contributed by atoms with Crippen LogP contribution in [-0.2, 0) is 6.54 Å². The van der Waals surface area contributed by atoms with Crippen LogP contribution in [0.4, 0.5) is 5.69 Å². The molecule has 0 amide bonds. The lowest BCUT2D eigenvalue weighted by Crippen LogP contribution is -2.29. The van der Waals surface area contributed by atoms with Crippen LogP contribution in [0.25, 0.3) is 0 Å². The molecule has 0 aliphatic heterocycles. The highest BCUT2D eigenvalue weighted by Crippen LogP contribution is 2.24. The second-order valence-electron chi connectivity index (χ2n) is 5.43. The number of nitrogens with two attached hydrogens (primary N) is 1. The predicted octanol–water partition coefficient (Wildman–Crippen LogP) is 3.58. The summed E-state index contributed by atoms with van der Waals surface area (Å²) in [5, 5.41) is 0. The molecule has 2 heteroatoms. The molecule has 2 nitrogen and oxygen atoms in total. The van der Waals surface area contributed by atoms with Gasteiger partial charge in [-0.25, -0.2) is 0 Å². The SMILES string of the molecule is Cc1ccc(C)c(N(CCN)Cc2ccccc2C)c1. The molecule has 106 valence electrons. The van der Waals surface area contributed by atoms with Crippen LogP contribution < -0.4 is 10.6 Å². The maximum Gasteiger partial charge on any atom is 0.0432 e. The summed E-state index contributed by atoms with van der Waals surface area (Å²) >= 11 is 0. The molecule has 0 atom stereocenters. The molecule has 0 unspecified atom stereocenters. The van der Waals surface area contributed by atoms with Crippen molar-refractivity contribution in [3.8, 4) is 0 Å². The van der Waals surface area contributed by atoms with Crippen molar-refractivity contribution in [3.05, 3.63) is 64.7 Å². The fourth-order valence-corrected chi connectivity index (χ4v) is 2.49. The Morgan fingerprint density at radius 3 is 2.40 bits per heavy atom. The van der Waals surface area contributed by atoms with E-state index in [1.807, 2.05) is 0 Å². The van der Waals surface area contributed by atoms with Crippen molar-refractivity contribution in [1.29, 1.82) is 0 Å². The summed E-state index contributed by atoms with van der Waals surface area (Å²) in [6.07, 6.45) is 0. The van der Waals surface area contributed by atoms with Crippen molar-refractivity contribution >= 4 is 5.69 Å². The third-order valence-electron chi connectivity index (χ3n) is 3.73. The van der Waals surface area contributed by atoms with Crippen LogP contribution in [0, 0.1) is 20.8 Å². The molecule has 2 N–H and O–H groups in total. The van der Waals surface area contributed by atoms with Gasteiger partial charge >= 0.3 is 0 Å². The smallest absolute Gasteiger partial charge is 0.0432 e. The largest absolute Gasteiger partial charge is 0.366 e. The summed E-state index contributed by atoms with van der Waals surface area (Å²) in [6, 6.07) is 15.2. The molecule has 2 aromatic rings. The summed E-state index contributed by atoms with van der Waals surface area (Å²) in [5.74, 6) is 0. The Balaban J connectivity index is 2.32. The first-order valence-electron chi connectivity index (χ1n) is 7.18. The zero-order valence-electron chi connectivity index (χ0n) is 12.7. The Kier molecular flexibility index (Phi) is 4.80. The van der Waals surface area contributed by atoms with Crippen LogP contribution >= 0.6 is 0 Å². The monoisotopic (exact) mass is 268 g/mol. The normalized spacial score (nSPS) is 10.6. The summed E-state index contributed by atoms with van der Waals surface area (Å²) in [5.41, 5.74) is 12.4. The van der Waals surface area contributed by atoms with Gasteiger partial charge in [-0.1, -0.05) is 36.4 Å². The summed E-state index contributed by atoms with van der Waals surface area (Å²) in [4.78, 5) is 2.38. The van der Waals surface area contributed by atoms with Crippen molar-refractivity contribution < 1.29 is 0 Å². The molecular weight excluding hydrogens is 244 g/mol. The molecule has 0 saturated carbocycles. The van der Waals surface area contributed by atoms with Gasteiger partial charge in [-0.2, -0.15) is 0 Å². The molecule has 0 spiro atoms. The van der Waals surface area contributed by atoms with Crippen LogP contribution in [0.5, 0.6) is 0 Å². The van der Waals surface area contributed by atoms with Crippen LogP contribution in [-0.4, -0.2) is 13.1 Å². The van der Waals surface area contributed by atoms with Crippen LogP contribution in [0.15, 0.2) is 42.5 Å². The molecule has 0 heterocycles. The third-order valence-corrected chi connectivity index (χ3v) is 3.73. The van der Waals surface area contributed by atoms with E-state index in [1.54, 1.807) is 0 Å². The van der Waals surface area contributed by atoms with Gasteiger partial charge in [-0.3, -0.25) is 0 Å². The van der Waals surface area contributed by atoms with E-state index in [4.69, 9.17) is 5.73 Å². The van der Waals surface area contributed by atoms with Gasteiger partial charge in [0.2, 0.25) is 0 Å². The van der Waals surface area contributed by atoms with E-state index in [-0.39, 0.29) is 0 Å². The summed E-state index contributed by atoms with van der Waals surface area (Å²) in [6.45, 7) is 8.92. The number of aryl methyl sites for hydroxylation is 3. The Hall–Kier alpha value is -1.80. The predicted molar refractivity (Wildman–Crippen MR) is 87.2 cm³/mol. The molecule has 20 heavy (non-hydrogen) atoms. The molecular formula is C18H24N2. The molecule has 0 saturated heterocycles. The Labute approximate surface area is 122 Å². The summed E-state index contributed by atoms with van der Waals surface area (Å²) in [7, 11) is 0. The Bertz CT molecular complexity index is 575. The van der Waals surface area contributed by atoms with Gasteiger partial charge in [0.25, 0.3) is 0 Å². The average Bonchev–Trinajstić information content (AvgIpc) is 2.43. The van der Waals surface area contributed by atoms with Gasteiger partial charge in [-0.15, -0.1) is 0 Å². The molecule has 0 aromatic heterocycles. The molecule has 0 aliphatic carbocycles. The average molecular weight is 268 g/mol. The van der Waals surface area contributed by atoms with E-state index in [0.29, 0.717) is 6.54 Å². The number of nitrogens with zero attached hydrogens (tertiary/aromatic N) is 1. The molecule has 0 radical (unpaired) electrons. The standard InChI is InChI=1S/C18H24N2/c1-14-8-9-16(3)18(12-14)20(11-10-19)13-17-7-5-4-6-15(17)2/h4-9,12H,10-11,13,19H2,1-3H3. The second kappa shape index (κ2) is 6.58. The number of benzene rings is 2. The van der Waals surface area contributed by atoms with Gasteiger partial charge in [-0.05, 0) is 49.1 Å². The van der Waals surface area contributed by atoms with E-state index in [1.165, 1.54) is 27.9 Å². The van der Waals surface area contributed by atoms with E-state index in [0.717, 1.165) is 13.1 Å². The van der Waals surface area contributed by atoms with Crippen LogP contribution in [0.3, 0.4) is 0 Å². The fourth-order valence-electron chi connectivity index (χ4n) is 2.49. The molecule has 0 aliphatic rings. The highest BCUT2D eigenvalue weighted by atomic mass is 15.1. The van der Waals surface area contributed by atoms with Crippen molar-refractivity contribution in [1.82, 2.24) is 0 Å². The van der Waals surface area contributed by atoms with Crippen molar-refractivity contribution in [2.45, 2.75) is 27.3 Å². The van der Waals surface area contributed by atoms with Gasteiger partial charge < -0.3 is 10.6 Å². The first-order valence-corrected chi connectivity index (χ1v) is 7.18. The van der Waals surface area contributed by atoms with Crippen molar-refractivity contribution in [2.75, 3.05) is 18.0 Å². The molecule has 0 fully saturated rings. The van der Waals surface area contributed by atoms with Crippen LogP contribution in [0.1, 0.15) is 22.3 Å².